The van der Waals surface area contributed by atoms with Crippen LogP contribution in [0.3, 0.4) is 0 Å². The molecule has 0 radical (unpaired) electrons. The van der Waals surface area contributed by atoms with E-state index in [-0.39, 0.29) is 6.04 Å². The third-order valence-electron chi connectivity index (χ3n) is 3.80. The molecule has 3 nitrogen and oxygen atoms in total. The molecule has 1 aromatic carbocycles. The average molecular weight is 332 g/mol. The molecule has 1 atom stereocenters. The number of alkyl halides is 3. The molecule has 7 heteroatoms. The topological polar surface area (TPSA) is 24.5 Å². The van der Waals surface area contributed by atoms with E-state index in [9.17, 15) is 17.6 Å². The minimum Gasteiger partial charge on any atom is -0.403 e. The zero-order valence-corrected chi connectivity index (χ0v) is 12.7. The van der Waals surface area contributed by atoms with Gasteiger partial charge in [0.2, 0.25) is 0 Å². The van der Waals surface area contributed by atoms with Crippen molar-refractivity contribution in [2.75, 3.05) is 26.2 Å². The molecule has 1 aliphatic rings. The van der Waals surface area contributed by atoms with E-state index in [1.807, 2.05) is 0 Å². The Labute approximate surface area is 132 Å². The number of nitrogens with zero attached hydrogens (tertiary/aromatic N) is 1. The van der Waals surface area contributed by atoms with Crippen molar-refractivity contribution in [3.8, 4) is 5.75 Å². The quantitative estimate of drug-likeness (QED) is 0.636. The molecule has 1 aliphatic heterocycles. The molecular weight excluding hydrogens is 312 g/mol. The SMILES string of the molecule is C=CCC[C@@H](c1ccc(OC(F)(F)F)c(F)c1)N1CCNCC1. The molecule has 1 N–H and O–H groups in total. The van der Waals surface area contributed by atoms with E-state index in [2.05, 4.69) is 21.5 Å². The Morgan fingerprint density at radius 1 is 1.30 bits per heavy atom. The van der Waals surface area contributed by atoms with Crippen molar-refractivity contribution in [3.05, 3.63) is 42.2 Å². The summed E-state index contributed by atoms with van der Waals surface area (Å²) in [6.45, 7) is 6.98. The summed E-state index contributed by atoms with van der Waals surface area (Å²) in [4.78, 5) is 2.21. The van der Waals surface area contributed by atoms with Crippen LogP contribution in [0.4, 0.5) is 17.6 Å². The molecule has 0 bridgehead atoms. The minimum atomic E-state index is -4.90. The number of ether oxygens (including phenoxy) is 1. The smallest absolute Gasteiger partial charge is 0.403 e. The van der Waals surface area contributed by atoms with Gasteiger partial charge in [0.05, 0.1) is 0 Å². The van der Waals surface area contributed by atoms with Crippen LogP contribution in [0, 0.1) is 5.82 Å². The zero-order chi connectivity index (χ0) is 16.9. The van der Waals surface area contributed by atoms with Crippen LogP contribution in [0.2, 0.25) is 0 Å². The Balaban J connectivity index is 2.20. The largest absolute Gasteiger partial charge is 0.573 e. The maximum absolute atomic E-state index is 14.0. The highest BCUT2D eigenvalue weighted by molar-refractivity contribution is 5.31. The highest BCUT2D eigenvalue weighted by Gasteiger charge is 2.32. The maximum atomic E-state index is 14.0. The number of hydrogen-bond acceptors (Lipinski definition) is 3. The van der Waals surface area contributed by atoms with Crippen molar-refractivity contribution in [1.29, 1.82) is 0 Å². The lowest BCUT2D eigenvalue weighted by Gasteiger charge is -2.35. The molecule has 1 fully saturated rings. The maximum Gasteiger partial charge on any atom is 0.573 e. The van der Waals surface area contributed by atoms with E-state index >= 15 is 0 Å². The Morgan fingerprint density at radius 2 is 2.00 bits per heavy atom. The fourth-order valence-corrected chi connectivity index (χ4v) is 2.76. The summed E-state index contributed by atoms with van der Waals surface area (Å²) < 4.78 is 54.3. The Morgan fingerprint density at radius 3 is 2.57 bits per heavy atom. The van der Waals surface area contributed by atoms with Crippen LogP contribution in [-0.2, 0) is 0 Å². The van der Waals surface area contributed by atoms with Crippen molar-refractivity contribution < 1.29 is 22.3 Å². The molecular formula is C16H20F4N2O. The summed E-state index contributed by atoms with van der Waals surface area (Å²) in [5, 5.41) is 3.24. The van der Waals surface area contributed by atoms with Crippen molar-refractivity contribution in [3.63, 3.8) is 0 Å². The van der Waals surface area contributed by atoms with Crippen molar-refractivity contribution in [2.45, 2.75) is 25.2 Å². The Hall–Kier alpha value is -1.60. The fourth-order valence-electron chi connectivity index (χ4n) is 2.76. The molecule has 1 aromatic rings. The standard InChI is InChI=1S/C16H20F4N2O/c1-2-3-4-14(22-9-7-21-8-10-22)12-5-6-15(13(17)11-12)23-16(18,19)20/h2,5-6,11,14,21H,1,3-4,7-10H2/t14-/m0/s1. The first-order chi connectivity index (χ1) is 10.9. The van der Waals surface area contributed by atoms with Gasteiger partial charge in [0, 0.05) is 32.2 Å². The number of rotatable bonds is 6. The van der Waals surface area contributed by atoms with E-state index in [1.165, 1.54) is 6.07 Å². The van der Waals surface area contributed by atoms with Crippen LogP contribution < -0.4 is 10.1 Å². The van der Waals surface area contributed by atoms with Gasteiger partial charge in [-0.15, -0.1) is 19.8 Å². The summed E-state index contributed by atoms with van der Waals surface area (Å²) in [7, 11) is 0. The number of piperazine rings is 1. The summed E-state index contributed by atoms with van der Waals surface area (Å²) in [6, 6.07) is 3.63. The predicted octanol–water partition coefficient (Wildman–Crippen LogP) is 3.64. The molecule has 0 spiro atoms. The lowest BCUT2D eigenvalue weighted by molar-refractivity contribution is -0.275. The lowest BCUT2D eigenvalue weighted by atomic mass is 9.99. The van der Waals surface area contributed by atoms with E-state index in [4.69, 9.17) is 0 Å². The minimum absolute atomic E-state index is 0.0514. The number of allylic oxidation sites excluding steroid dienone is 1. The highest BCUT2D eigenvalue weighted by Crippen LogP contribution is 2.31. The van der Waals surface area contributed by atoms with Crippen LogP contribution in [0.5, 0.6) is 5.75 Å². The van der Waals surface area contributed by atoms with Crippen LogP contribution in [-0.4, -0.2) is 37.4 Å². The molecule has 0 aromatic heterocycles. The van der Waals surface area contributed by atoms with Gasteiger partial charge in [-0.1, -0.05) is 12.1 Å². The third-order valence-corrected chi connectivity index (χ3v) is 3.80. The second-order valence-electron chi connectivity index (χ2n) is 5.41. The number of halogens is 4. The highest BCUT2D eigenvalue weighted by atomic mass is 19.4. The van der Waals surface area contributed by atoms with Gasteiger partial charge in [0.15, 0.2) is 11.6 Å². The molecule has 23 heavy (non-hydrogen) atoms. The molecule has 0 saturated carbocycles. The second-order valence-corrected chi connectivity index (χ2v) is 5.41. The predicted molar refractivity (Wildman–Crippen MR) is 79.7 cm³/mol. The number of benzene rings is 1. The van der Waals surface area contributed by atoms with Crippen LogP contribution in [0.1, 0.15) is 24.4 Å². The van der Waals surface area contributed by atoms with Gasteiger partial charge in [0.1, 0.15) is 0 Å². The van der Waals surface area contributed by atoms with Gasteiger partial charge in [-0.05, 0) is 30.5 Å². The van der Waals surface area contributed by atoms with E-state index < -0.39 is 17.9 Å². The van der Waals surface area contributed by atoms with Gasteiger partial charge in [-0.3, -0.25) is 4.90 Å². The van der Waals surface area contributed by atoms with Crippen LogP contribution in [0.25, 0.3) is 0 Å². The first kappa shape index (κ1) is 17.7. The lowest BCUT2D eigenvalue weighted by Crippen LogP contribution is -2.45. The number of hydrogen-bond donors (Lipinski definition) is 1. The Kier molecular flexibility index (Phi) is 6.01. The van der Waals surface area contributed by atoms with E-state index in [0.29, 0.717) is 5.56 Å². The summed E-state index contributed by atoms with van der Waals surface area (Å²) >= 11 is 0. The molecule has 128 valence electrons. The molecule has 2 rings (SSSR count). The summed E-state index contributed by atoms with van der Waals surface area (Å²) in [5.74, 6) is -1.80. The normalized spacial score (nSPS) is 17.7. The third kappa shape index (κ3) is 5.21. The molecule has 1 heterocycles. The molecule has 0 amide bonds. The summed E-state index contributed by atoms with van der Waals surface area (Å²) in [5.41, 5.74) is 0.653. The van der Waals surface area contributed by atoms with Crippen molar-refractivity contribution >= 4 is 0 Å². The van der Waals surface area contributed by atoms with Gasteiger partial charge in [-0.25, -0.2) is 4.39 Å². The monoisotopic (exact) mass is 332 g/mol. The van der Waals surface area contributed by atoms with Crippen molar-refractivity contribution in [1.82, 2.24) is 10.2 Å². The number of nitrogens with one attached hydrogen (secondary N) is 1. The first-order valence-corrected chi connectivity index (χ1v) is 7.51. The second kappa shape index (κ2) is 7.79. The van der Waals surface area contributed by atoms with E-state index in [0.717, 1.165) is 51.2 Å². The first-order valence-electron chi connectivity index (χ1n) is 7.51. The molecule has 0 aliphatic carbocycles. The van der Waals surface area contributed by atoms with E-state index in [1.54, 1.807) is 6.08 Å². The Bertz CT molecular complexity index is 527. The van der Waals surface area contributed by atoms with Crippen molar-refractivity contribution in [2.24, 2.45) is 0 Å². The molecule has 1 saturated heterocycles. The molecule has 0 unspecified atom stereocenters. The zero-order valence-electron chi connectivity index (χ0n) is 12.7. The van der Waals surface area contributed by atoms with Gasteiger partial charge < -0.3 is 10.1 Å². The van der Waals surface area contributed by atoms with Gasteiger partial charge >= 0.3 is 6.36 Å². The summed E-state index contributed by atoms with van der Waals surface area (Å²) in [6.07, 6.45) is -1.63. The van der Waals surface area contributed by atoms with Crippen LogP contribution in [0.15, 0.2) is 30.9 Å². The van der Waals surface area contributed by atoms with Crippen LogP contribution >= 0.6 is 0 Å². The fraction of sp³-hybridized carbons (Fsp3) is 0.500. The average Bonchev–Trinajstić information content (AvgIpc) is 2.50. The van der Waals surface area contributed by atoms with Gasteiger partial charge in [-0.2, -0.15) is 0 Å². The van der Waals surface area contributed by atoms with Gasteiger partial charge in [0.25, 0.3) is 0 Å².